The van der Waals surface area contributed by atoms with Crippen LogP contribution in [0.4, 0.5) is 0 Å². The van der Waals surface area contributed by atoms with Gasteiger partial charge in [0.2, 0.25) is 0 Å². The predicted octanol–water partition coefficient (Wildman–Crippen LogP) is 5.61. The summed E-state index contributed by atoms with van der Waals surface area (Å²) in [5.74, 6) is -2.05. The minimum Gasteiger partial charge on any atom is -0.507 e. The highest BCUT2D eigenvalue weighted by molar-refractivity contribution is 6.19. The monoisotopic (exact) mass is 644 g/mol. The Morgan fingerprint density at radius 3 is 2.55 bits per heavy atom. The van der Waals surface area contributed by atoms with Crippen molar-refractivity contribution in [1.82, 2.24) is 0 Å². The maximum absolute atomic E-state index is 15.0. The first-order chi connectivity index (χ1) is 22.0. The lowest BCUT2D eigenvalue weighted by Gasteiger charge is -2.56. The van der Waals surface area contributed by atoms with Gasteiger partial charge >= 0.3 is 0 Å². The zero-order chi connectivity index (χ0) is 34.0. The molecule has 3 heterocycles. The number of fused-ring (bicyclic) bond motifs is 5. The van der Waals surface area contributed by atoms with E-state index in [1.54, 1.807) is 25.2 Å². The summed E-state index contributed by atoms with van der Waals surface area (Å²) in [4.78, 5) is 40.4. The Morgan fingerprint density at radius 1 is 1.17 bits per heavy atom. The number of rotatable bonds is 7. The molecule has 6 bridgehead atoms. The lowest BCUT2D eigenvalue weighted by Crippen LogP contribution is -2.71. The van der Waals surface area contributed by atoms with Gasteiger partial charge in [-0.3, -0.25) is 14.4 Å². The van der Waals surface area contributed by atoms with Gasteiger partial charge in [-0.25, -0.2) is 0 Å². The molecular formula is C38H44O9. The number of aliphatic hydroxyl groups excluding tert-OH is 1. The molecule has 2 N–H and O–H groups in total. The maximum atomic E-state index is 15.0. The number of phenols is 1. The van der Waals surface area contributed by atoms with Gasteiger partial charge in [0.1, 0.15) is 40.6 Å². The molecule has 8 rings (SSSR count). The van der Waals surface area contributed by atoms with Crippen molar-refractivity contribution in [3.63, 3.8) is 0 Å². The third-order valence-electron chi connectivity index (χ3n) is 11.8. The number of aliphatic hydroxyl groups is 1. The van der Waals surface area contributed by atoms with Crippen LogP contribution in [0.5, 0.6) is 17.2 Å². The second kappa shape index (κ2) is 10.2. The van der Waals surface area contributed by atoms with Crippen molar-refractivity contribution in [2.45, 2.75) is 115 Å². The summed E-state index contributed by atoms with van der Waals surface area (Å²) in [5.41, 5.74) is -1.86. The van der Waals surface area contributed by atoms with Crippen LogP contribution in [-0.4, -0.2) is 62.9 Å². The van der Waals surface area contributed by atoms with Gasteiger partial charge in [-0.1, -0.05) is 29.9 Å². The summed E-state index contributed by atoms with van der Waals surface area (Å²) in [5, 5.41) is 23.9. The van der Waals surface area contributed by atoms with Crippen molar-refractivity contribution in [2.75, 3.05) is 0 Å². The van der Waals surface area contributed by atoms with Gasteiger partial charge < -0.3 is 29.2 Å². The average molecular weight is 645 g/mol. The molecular weight excluding hydrogens is 600 g/mol. The Kier molecular flexibility index (Phi) is 6.89. The number of ether oxygens (including phenoxy) is 4. The summed E-state index contributed by atoms with van der Waals surface area (Å²) < 4.78 is 25.7. The first kappa shape index (κ1) is 31.9. The van der Waals surface area contributed by atoms with E-state index in [-0.39, 0.29) is 34.3 Å². The summed E-state index contributed by atoms with van der Waals surface area (Å²) >= 11 is 0. The van der Waals surface area contributed by atoms with E-state index in [1.165, 1.54) is 0 Å². The summed E-state index contributed by atoms with van der Waals surface area (Å²) in [6.45, 7) is 17.8. The SMILES string of the molecule is C=C(C)C1CC[C@@]2(C)Oc3c(CC=C(C)C)c4c(c(O)c3[C@@H]1C2O)C(=O)C1=C[C@@H]2CC3C(C)(C)O[C@](/C=C/C(C)OC=O)(C2=O)[C@@]13O4. The molecule has 7 aliphatic rings. The van der Waals surface area contributed by atoms with Crippen LogP contribution in [0.3, 0.4) is 0 Å². The first-order valence-corrected chi connectivity index (χ1v) is 16.6. The maximum Gasteiger partial charge on any atom is 0.293 e. The van der Waals surface area contributed by atoms with E-state index in [9.17, 15) is 24.6 Å². The number of ketones is 2. The Labute approximate surface area is 275 Å². The molecule has 3 fully saturated rings. The van der Waals surface area contributed by atoms with Gasteiger partial charge in [0.15, 0.2) is 22.8 Å². The highest BCUT2D eigenvalue weighted by Gasteiger charge is 2.81. The highest BCUT2D eigenvalue weighted by Crippen LogP contribution is 2.69. The Hall–Kier alpha value is -3.69. The van der Waals surface area contributed by atoms with E-state index >= 15 is 0 Å². The molecule has 0 aromatic heterocycles. The minimum atomic E-state index is -1.69. The number of phenolic OH excluding ortho intramolecular Hbond substituents is 1. The minimum absolute atomic E-state index is 0.0113. The van der Waals surface area contributed by atoms with Crippen LogP contribution in [0.25, 0.3) is 0 Å². The molecule has 1 spiro atoms. The molecule has 9 nitrogen and oxygen atoms in total. The summed E-state index contributed by atoms with van der Waals surface area (Å²) in [7, 11) is 0. The van der Waals surface area contributed by atoms with Gasteiger partial charge in [0, 0.05) is 34.5 Å². The Bertz CT molecular complexity index is 1730. The molecule has 1 aromatic rings. The van der Waals surface area contributed by atoms with Gasteiger partial charge in [-0.05, 0) is 92.2 Å². The van der Waals surface area contributed by atoms with Crippen LogP contribution in [0.2, 0.25) is 0 Å². The van der Waals surface area contributed by atoms with Crippen LogP contribution < -0.4 is 9.47 Å². The molecule has 250 valence electrons. The van der Waals surface area contributed by atoms with Gasteiger partial charge in [0.25, 0.3) is 6.47 Å². The van der Waals surface area contributed by atoms with Crippen LogP contribution in [-0.2, 0) is 25.5 Å². The molecule has 9 heteroatoms. The van der Waals surface area contributed by atoms with E-state index in [2.05, 4.69) is 6.58 Å². The van der Waals surface area contributed by atoms with E-state index in [4.69, 9.17) is 18.9 Å². The standard InChI is InChI=1S/C38H44O9/c1-18(2)9-10-23-31-27(26-22(19(3)4)12-13-36(8,45-31)34(26)43)30(41)28-29(40)24-15-21-16-25-35(6,7)47-37(33(21)42,14-11-20(5)44-17-39)38(24,25)46-32(23)28/h9,11,14-15,17,20-22,25-26,34,41,43H,3,10,12-13,16H2,1-2,4-8H3/b14-11+/t20?,21-,22?,25?,26-,34?,36-,37-,38-/m1/s1. The fraction of sp³-hybridized carbons (Fsp3) is 0.553. The van der Waals surface area contributed by atoms with Crippen molar-refractivity contribution in [1.29, 1.82) is 0 Å². The molecule has 4 unspecified atom stereocenters. The third kappa shape index (κ3) is 3.99. The second-order valence-corrected chi connectivity index (χ2v) is 15.4. The van der Waals surface area contributed by atoms with Crippen molar-refractivity contribution in [3.05, 3.63) is 64.3 Å². The summed E-state index contributed by atoms with van der Waals surface area (Å²) in [6, 6.07) is 0. The smallest absolute Gasteiger partial charge is 0.293 e. The van der Waals surface area contributed by atoms with Crippen molar-refractivity contribution in [3.8, 4) is 17.2 Å². The molecule has 1 aromatic carbocycles. The Morgan fingerprint density at radius 2 is 1.89 bits per heavy atom. The molecule has 9 atom stereocenters. The fourth-order valence-corrected chi connectivity index (χ4v) is 9.51. The van der Waals surface area contributed by atoms with Crippen molar-refractivity contribution in [2.24, 2.45) is 17.8 Å². The van der Waals surface area contributed by atoms with E-state index < -0.39 is 58.1 Å². The van der Waals surface area contributed by atoms with E-state index in [1.807, 2.05) is 47.6 Å². The number of carbonyl (C=O) groups is 3. The van der Waals surface area contributed by atoms with Crippen LogP contribution >= 0.6 is 0 Å². The number of hydrogen-bond donors (Lipinski definition) is 2. The lowest BCUT2D eigenvalue weighted by molar-refractivity contribution is -0.160. The van der Waals surface area contributed by atoms with E-state index in [0.717, 1.165) is 11.1 Å². The molecule has 2 saturated carbocycles. The first-order valence-electron chi connectivity index (χ1n) is 16.6. The van der Waals surface area contributed by atoms with Crippen LogP contribution in [0, 0.1) is 17.8 Å². The number of carbonyl (C=O) groups excluding carboxylic acids is 3. The number of hydrogen-bond acceptors (Lipinski definition) is 9. The number of Topliss-reactive ketones (excluding diaryl/α,β-unsaturated/α-hetero) is 2. The summed E-state index contributed by atoms with van der Waals surface area (Å²) in [6.07, 6.45) is 7.35. The van der Waals surface area contributed by atoms with Gasteiger partial charge in [0.05, 0.1) is 5.60 Å². The lowest BCUT2D eigenvalue weighted by atomic mass is 9.51. The van der Waals surface area contributed by atoms with Gasteiger partial charge in [-0.15, -0.1) is 0 Å². The average Bonchev–Trinajstić information content (AvgIpc) is 3.14. The number of benzene rings is 1. The topological polar surface area (TPSA) is 129 Å². The molecule has 4 aliphatic carbocycles. The molecule has 3 aliphatic heterocycles. The van der Waals surface area contributed by atoms with Crippen LogP contribution in [0.1, 0.15) is 95.1 Å². The predicted molar refractivity (Wildman–Crippen MR) is 173 cm³/mol. The van der Waals surface area contributed by atoms with E-state index in [0.29, 0.717) is 49.0 Å². The normalized spacial score (nSPS) is 37.5. The number of allylic oxidation sites excluding steroid dienone is 4. The largest absolute Gasteiger partial charge is 0.507 e. The zero-order valence-corrected chi connectivity index (χ0v) is 28.1. The van der Waals surface area contributed by atoms with Crippen molar-refractivity contribution >= 4 is 18.0 Å². The highest BCUT2D eigenvalue weighted by atomic mass is 16.6. The zero-order valence-electron chi connectivity index (χ0n) is 28.1. The molecule has 0 amide bonds. The number of aromatic hydroxyl groups is 1. The molecule has 1 saturated heterocycles. The quantitative estimate of drug-likeness (QED) is 0.288. The van der Waals surface area contributed by atoms with Gasteiger partial charge in [-0.2, -0.15) is 0 Å². The Balaban J connectivity index is 1.53. The third-order valence-corrected chi connectivity index (χ3v) is 11.8. The molecule has 47 heavy (non-hydrogen) atoms. The molecule has 0 radical (unpaired) electrons. The second-order valence-electron chi connectivity index (χ2n) is 15.4. The fourth-order valence-electron chi connectivity index (χ4n) is 9.51. The van der Waals surface area contributed by atoms with Crippen molar-refractivity contribution < 1.29 is 43.5 Å². The van der Waals surface area contributed by atoms with Crippen LogP contribution in [0.15, 0.2) is 47.6 Å².